The number of hydrogen-bond acceptors (Lipinski definition) is 2. The van der Waals surface area contributed by atoms with Crippen molar-refractivity contribution in [2.75, 3.05) is 18.5 Å². The van der Waals surface area contributed by atoms with Crippen molar-refractivity contribution >= 4 is 16.5 Å². The largest absolute Gasteiger partial charge is 0.374 e. The number of hydrogen-bond donors (Lipinski definition) is 0. The SMILES string of the molecule is CN(CC1CCCC1)c1ccc(C#N)c2ccccc12. The van der Waals surface area contributed by atoms with Crippen molar-refractivity contribution in [2.24, 2.45) is 5.92 Å². The van der Waals surface area contributed by atoms with Gasteiger partial charge in [0.25, 0.3) is 0 Å². The topological polar surface area (TPSA) is 27.0 Å². The lowest BCUT2D eigenvalue weighted by atomic mass is 10.0. The summed E-state index contributed by atoms with van der Waals surface area (Å²) < 4.78 is 0. The molecule has 1 saturated carbocycles. The van der Waals surface area contributed by atoms with Gasteiger partial charge in [0.1, 0.15) is 0 Å². The Morgan fingerprint density at radius 1 is 1.10 bits per heavy atom. The summed E-state index contributed by atoms with van der Waals surface area (Å²) >= 11 is 0. The molecule has 0 N–H and O–H groups in total. The standard InChI is InChI=1S/C18H20N2/c1-20(13-14-6-2-3-7-14)18-11-10-15(12-19)16-8-4-5-9-17(16)18/h4-5,8-11,14H,2-3,6-7,13H2,1H3. The zero-order chi connectivity index (χ0) is 13.9. The van der Waals surface area contributed by atoms with Gasteiger partial charge in [-0.15, -0.1) is 0 Å². The van der Waals surface area contributed by atoms with Gasteiger partial charge in [-0.3, -0.25) is 0 Å². The molecule has 2 heteroatoms. The molecule has 1 aliphatic rings. The van der Waals surface area contributed by atoms with E-state index in [1.807, 2.05) is 18.2 Å². The molecule has 2 nitrogen and oxygen atoms in total. The summed E-state index contributed by atoms with van der Waals surface area (Å²) in [5.41, 5.74) is 2.00. The lowest BCUT2D eigenvalue weighted by Gasteiger charge is -2.24. The normalized spacial score (nSPS) is 15.4. The minimum absolute atomic E-state index is 0.763. The molecule has 3 rings (SSSR count). The molecule has 0 unspecified atom stereocenters. The third-order valence-electron chi connectivity index (χ3n) is 4.44. The van der Waals surface area contributed by atoms with E-state index in [0.29, 0.717) is 0 Å². The summed E-state index contributed by atoms with van der Waals surface area (Å²) in [6.45, 7) is 1.12. The van der Waals surface area contributed by atoms with E-state index in [1.54, 1.807) is 0 Å². The lowest BCUT2D eigenvalue weighted by Crippen LogP contribution is -2.24. The first kappa shape index (κ1) is 13.0. The van der Waals surface area contributed by atoms with E-state index in [-0.39, 0.29) is 0 Å². The predicted molar refractivity (Wildman–Crippen MR) is 83.9 cm³/mol. The Balaban J connectivity index is 1.97. The van der Waals surface area contributed by atoms with Gasteiger partial charge in [0.05, 0.1) is 11.6 Å². The number of rotatable bonds is 3. The fraction of sp³-hybridized carbons (Fsp3) is 0.389. The average Bonchev–Trinajstić information content (AvgIpc) is 2.99. The van der Waals surface area contributed by atoms with E-state index in [2.05, 4.69) is 36.2 Å². The van der Waals surface area contributed by atoms with Crippen molar-refractivity contribution < 1.29 is 0 Å². The zero-order valence-electron chi connectivity index (χ0n) is 12.0. The Morgan fingerprint density at radius 2 is 1.80 bits per heavy atom. The molecule has 0 aliphatic heterocycles. The molecule has 1 fully saturated rings. The molecule has 0 atom stereocenters. The number of nitrogens with zero attached hydrogens (tertiary/aromatic N) is 2. The van der Waals surface area contributed by atoms with Crippen LogP contribution in [0, 0.1) is 17.2 Å². The Labute approximate surface area is 120 Å². The fourth-order valence-electron chi connectivity index (χ4n) is 3.39. The monoisotopic (exact) mass is 264 g/mol. The molecular formula is C18H20N2. The minimum atomic E-state index is 0.763. The Hall–Kier alpha value is -2.01. The van der Waals surface area contributed by atoms with Crippen molar-refractivity contribution in [3.8, 4) is 6.07 Å². The highest BCUT2D eigenvalue weighted by atomic mass is 15.1. The average molecular weight is 264 g/mol. The van der Waals surface area contributed by atoms with Crippen molar-refractivity contribution in [3.63, 3.8) is 0 Å². The first-order chi connectivity index (χ1) is 9.79. The van der Waals surface area contributed by atoms with Crippen molar-refractivity contribution in [1.82, 2.24) is 0 Å². The second kappa shape index (κ2) is 5.54. The van der Waals surface area contributed by atoms with Crippen molar-refractivity contribution in [3.05, 3.63) is 42.0 Å². The second-order valence-corrected chi connectivity index (χ2v) is 5.82. The molecule has 0 heterocycles. The smallest absolute Gasteiger partial charge is 0.0998 e. The molecule has 20 heavy (non-hydrogen) atoms. The molecule has 0 bridgehead atoms. The second-order valence-electron chi connectivity index (χ2n) is 5.82. The minimum Gasteiger partial charge on any atom is -0.374 e. The van der Waals surface area contributed by atoms with Crippen LogP contribution < -0.4 is 4.90 Å². The van der Waals surface area contributed by atoms with Gasteiger partial charge < -0.3 is 4.90 Å². The summed E-state index contributed by atoms with van der Waals surface area (Å²) in [5, 5.41) is 11.5. The lowest BCUT2D eigenvalue weighted by molar-refractivity contribution is 0.547. The Morgan fingerprint density at radius 3 is 2.50 bits per heavy atom. The van der Waals surface area contributed by atoms with Crippen LogP contribution in [0.25, 0.3) is 10.8 Å². The van der Waals surface area contributed by atoms with Gasteiger partial charge in [-0.2, -0.15) is 5.26 Å². The number of anilines is 1. The maximum absolute atomic E-state index is 9.23. The molecule has 0 saturated heterocycles. The molecule has 0 amide bonds. The van der Waals surface area contributed by atoms with Crippen LogP contribution in [0.1, 0.15) is 31.2 Å². The van der Waals surface area contributed by atoms with Gasteiger partial charge in [0.15, 0.2) is 0 Å². The van der Waals surface area contributed by atoms with E-state index >= 15 is 0 Å². The fourth-order valence-corrected chi connectivity index (χ4v) is 3.39. The van der Waals surface area contributed by atoms with Gasteiger partial charge in [-0.05, 0) is 30.9 Å². The first-order valence-electron chi connectivity index (χ1n) is 7.42. The maximum Gasteiger partial charge on any atom is 0.0998 e. The quantitative estimate of drug-likeness (QED) is 0.824. The maximum atomic E-state index is 9.23. The van der Waals surface area contributed by atoms with Crippen LogP contribution in [-0.2, 0) is 0 Å². The molecule has 0 radical (unpaired) electrons. The summed E-state index contributed by atoms with van der Waals surface area (Å²) in [6, 6.07) is 14.6. The number of nitriles is 1. The van der Waals surface area contributed by atoms with E-state index in [1.165, 1.54) is 36.8 Å². The molecular weight excluding hydrogens is 244 g/mol. The van der Waals surface area contributed by atoms with Gasteiger partial charge in [0.2, 0.25) is 0 Å². The molecule has 0 spiro atoms. The predicted octanol–water partition coefficient (Wildman–Crippen LogP) is 4.34. The van der Waals surface area contributed by atoms with E-state index in [0.717, 1.165) is 23.4 Å². The Kier molecular flexibility index (Phi) is 3.60. The highest BCUT2D eigenvalue weighted by molar-refractivity contribution is 5.97. The van der Waals surface area contributed by atoms with Gasteiger partial charge in [0, 0.05) is 30.1 Å². The Bertz CT molecular complexity index is 648. The van der Waals surface area contributed by atoms with E-state index < -0.39 is 0 Å². The highest BCUT2D eigenvalue weighted by Crippen LogP contribution is 2.31. The van der Waals surface area contributed by atoms with Crippen LogP contribution in [0.15, 0.2) is 36.4 Å². The molecule has 102 valence electrons. The summed E-state index contributed by atoms with van der Waals surface area (Å²) in [7, 11) is 2.17. The van der Waals surface area contributed by atoms with Crippen molar-refractivity contribution in [1.29, 1.82) is 5.26 Å². The molecule has 2 aromatic rings. The van der Waals surface area contributed by atoms with Crippen LogP contribution in [0.2, 0.25) is 0 Å². The van der Waals surface area contributed by atoms with Crippen LogP contribution in [0.4, 0.5) is 5.69 Å². The number of benzene rings is 2. The molecule has 2 aromatic carbocycles. The van der Waals surface area contributed by atoms with Crippen LogP contribution in [-0.4, -0.2) is 13.6 Å². The third-order valence-corrected chi connectivity index (χ3v) is 4.44. The van der Waals surface area contributed by atoms with Crippen LogP contribution >= 0.6 is 0 Å². The zero-order valence-corrected chi connectivity index (χ0v) is 12.0. The third kappa shape index (κ3) is 2.36. The van der Waals surface area contributed by atoms with E-state index in [4.69, 9.17) is 0 Å². The molecule has 0 aromatic heterocycles. The van der Waals surface area contributed by atoms with E-state index in [9.17, 15) is 5.26 Å². The van der Waals surface area contributed by atoms with Gasteiger partial charge in [-0.25, -0.2) is 0 Å². The van der Waals surface area contributed by atoms with Crippen molar-refractivity contribution in [2.45, 2.75) is 25.7 Å². The van der Waals surface area contributed by atoms with Crippen LogP contribution in [0.3, 0.4) is 0 Å². The van der Waals surface area contributed by atoms with Crippen LogP contribution in [0.5, 0.6) is 0 Å². The summed E-state index contributed by atoms with van der Waals surface area (Å²) in [5.74, 6) is 0.828. The highest BCUT2D eigenvalue weighted by Gasteiger charge is 2.18. The first-order valence-corrected chi connectivity index (χ1v) is 7.42. The van der Waals surface area contributed by atoms with Gasteiger partial charge >= 0.3 is 0 Å². The van der Waals surface area contributed by atoms with Gasteiger partial charge in [-0.1, -0.05) is 37.1 Å². The summed E-state index contributed by atoms with van der Waals surface area (Å²) in [6.07, 6.45) is 5.48. The molecule has 1 aliphatic carbocycles. The summed E-state index contributed by atoms with van der Waals surface area (Å²) in [4.78, 5) is 2.36. The number of fused-ring (bicyclic) bond motifs is 1.